The first-order valence-corrected chi connectivity index (χ1v) is 11.1. The van der Waals surface area contributed by atoms with E-state index >= 15 is 0 Å². The molecule has 0 atom stereocenters. The second-order valence-corrected chi connectivity index (χ2v) is 8.61. The van der Waals surface area contributed by atoms with Crippen LogP contribution in [0.3, 0.4) is 0 Å². The molecule has 1 aliphatic heterocycles. The number of rotatable bonds is 4. The van der Waals surface area contributed by atoms with E-state index in [0.717, 1.165) is 29.9 Å². The standard InChI is InChI=1S/C25H23Cl2N3O2/c1-17-2-4-18(5-3-17)25(32)30-14-12-29(13-15-30)21-9-7-20(8-10-21)28-24(31)22-16-19(26)6-11-23(22)27/h2-11,16H,12-15H2,1H3,(H,28,31). The molecule has 4 rings (SSSR count). The first-order valence-electron chi connectivity index (χ1n) is 10.4. The number of aryl methyl sites for hydroxylation is 1. The lowest BCUT2D eigenvalue weighted by Crippen LogP contribution is -2.48. The van der Waals surface area contributed by atoms with E-state index < -0.39 is 0 Å². The van der Waals surface area contributed by atoms with Crippen LogP contribution in [-0.2, 0) is 0 Å². The molecular weight excluding hydrogens is 445 g/mol. The highest BCUT2D eigenvalue weighted by Crippen LogP contribution is 2.24. The summed E-state index contributed by atoms with van der Waals surface area (Å²) in [7, 11) is 0. The second-order valence-electron chi connectivity index (χ2n) is 7.77. The molecule has 0 saturated carbocycles. The van der Waals surface area contributed by atoms with E-state index in [0.29, 0.717) is 34.4 Å². The van der Waals surface area contributed by atoms with E-state index in [9.17, 15) is 9.59 Å². The average molecular weight is 468 g/mol. The van der Waals surface area contributed by atoms with E-state index in [4.69, 9.17) is 23.2 Å². The first-order chi connectivity index (χ1) is 15.4. The van der Waals surface area contributed by atoms with Crippen molar-refractivity contribution in [2.75, 3.05) is 36.4 Å². The third-order valence-corrected chi connectivity index (χ3v) is 6.09. The number of piperazine rings is 1. The fourth-order valence-electron chi connectivity index (χ4n) is 3.67. The molecule has 0 spiro atoms. The summed E-state index contributed by atoms with van der Waals surface area (Å²) >= 11 is 12.1. The molecule has 1 heterocycles. The molecule has 7 heteroatoms. The van der Waals surface area contributed by atoms with E-state index in [2.05, 4.69) is 10.2 Å². The van der Waals surface area contributed by atoms with Crippen molar-refractivity contribution in [3.8, 4) is 0 Å². The summed E-state index contributed by atoms with van der Waals surface area (Å²) in [5, 5.41) is 3.65. The lowest BCUT2D eigenvalue weighted by atomic mass is 10.1. The lowest BCUT2D eigenvalue weighted by molar-refractivity contribution is 0.0746. The van der Waals surface area contributed by atoms with Crippen LogP contribution in [0.1, 0.15) is 26.3 Å². The third-order valence-electron chi connectivity index (χ3n) is 5.53. The van der Waals surface area contributed by atoms with Crippen molar-refractivity contribution < 1.29 is 9.59 Å². The Bertz CT molecular complexity index is 1120. The van der Waals surface area contributed by atoms with Crippen LogP contribution in [0.15, 0.2) is 66.7 Å². The van der Waals surface area contributed by atoms with Crippen molar-refractivity contribution in [2.24, 2.45) is 0 Å². The van der Waals surface area contributed by atoms with Crippen molar-refractivity contribution in [1.82, 2.24) is 4.90 Å². The van der Waals surface area contributed by atoms with Crippen LogP contribution in [0, 0.1) is 6.92 Å². The van der Waals surface area contributed by atoms with Gasteiger partial charge in [-0.3, -0.25) is 9.59 Å². The van der Waals surface area contributed by atoms with E-state index in [1.54, 1.807) is 18.2 Å². The molecule has 0 aromatic heterocycles. The number of hydrogen-bond acceptors (Lipinski definition) is 3. The number of benzene rings is 3. The summed E-state index contributed by atoms with van der Waals surface area (Å²) in [5.41, 5.74) is 3.91. The van der Waals surface area contributed by atoms with Gasteiger partial charge in [-0.2, -0.15) is 0 Å². The Balaban J connectivity index is 1.35. The summed E-state index contributed by atoms with van der Waals surface area (Å²) in [5.74, 6) is -0.240. The Kier molecular flexibility index (Phi) is 6.68. The smallest absolute Gasteiger partial charge is 0.257 e. The van der Waals surface area contributed by atoms with Crippen LogP contribution >= 0.6 is 23.2 Å². The zero-order chi connectivity index (χ0) is 22.7. The maximum atomic E-state index is 12.7. The van der Waals surface area contributed by atoms with Gasteiger partial charge in [0.05, 0.1) is 10.6 Å². The fraction of sp³-hybridized carbons (Fsp3) is 0.200. The van der Waals surface area contributed by atoms with Crippen LogP contribution in [0.2, 0.25) is 10.0 Å². The number of halogens is 2. The number of nitrogens with zero attached hydrogens (tertiary/aromatic N) is 2. The van der Waals surface area contributed by atoms with Crippen LogP contribution in [0.25, 0.3) is 0 Å². The van der Waals surface area contributed by atoms with Crippen LogP contribution in [0.4, 0.5) is 11.4 Å². The molecule has 1 aliphatic rings. The highest BCUT2D eigenvalue weighted by Gasteiger charge is 2.22. The highest BCUT2D eigenvalue weighted by molar-refractivity contribution is 6.36. The molecule has 0 radical (unpaired) electrons. The maximum absolute atomic E-state index is 12.7. The Labute approximate surface area is 197 Å². The van der Waals surface area contributed by atoms with Crippen molar-refractivity contribution >= 4 is 46.4 Å². The maximum Gasteiger partial charge on any atom is 0.257 e. The SMILES string of the molecule is Cc1ccc(C(=O)N2CCN(c3ccc(NC(=O)c4cc(Cl)ccc4Cl)cc3)CC2)cc1. The molecule has 1 N–H and O–H groups in total. The minimum Gasteiger partial charge on any atom is -0.368 e. The molecular formula is C25H23Cl2N3O2. The minimum atomic E-state index is -0.312. The summed E-state index contributed by atoms with van der Waals surface area (Å²) in [6, 6.07) is 20.1. The van der Waals surface area contributed by atoms with E-state index in [-0.39, 0.29) is 11.8 Å². The van der Waals surface area contributed by atoms with Gasteiger partial charge in [0.25, 0.3) is 11.8 Å². The largest absolute Gasteiger partial charge is 0.368 e. The van der Waals surface area contributed by atoms with Gasteiger partial charge in [0.2, 0.25) is 0 Å². The van der Waals surface area contributed by atoms with Gasteiger partial charge in [-0.15, -0.1) is 0 Å². The molecule has 32 heavy (non-hydrogen) atoms. The molecule has 0 bridgehead atoms. The summed E-state index contributed by atoms with van der Waals surface area (Å²) in [4.78, 5) is 29.3. The quantitative estimate of drug-likeness (QED) is 0.549. The predicted octanol–water partition coefficient (Wildman–Crippen LogP) is 5.52. The van der Waals surface area contributed by atoms with Crippen LogP contribution in [-0.4, -0.2) is 42.9 Å². The average Bonchev–Trinajstić information content (AvgIpc) is 2.81. The number of carbonyl (C=O) groups excluding carboxylic acids is 2. The minimum absolute atomic E-state index is 0.0717. The van der Waals surface area contributed by atoms with Crippen molar-refractivity contribution in [1.29, 1.82) is 0 Å². The Morgan fingerprint density at radius 1 is 0.844 bits per heavy atom. The zero-order valence-electron chi connectivity index (χ0n) is 17.6. The van der Waals surface area contributed by atoms with Gasteiger partial charge in [-0.25, -0.2) is 0 Å². The predicted molar refractivity (Wildman–Crippen MR) is 130 cm³/mol. The Morgan fingerprint density at radius 3 is 2.16 bits per heavy atom. The molecule has 3 aromatic carbocycles. The van der Waals surface area contributed by atoms with Crippen LogP contribution < -0.4 is 10.2 Å². The first kappa shape index (κ1) is 22.2. The van der Waals surface area contributed by atoms with Gasteiger partial charge in [0.1, 0.15) is 0 Å². The number of carbonyl (C=O) groups is 2. The fourth-order valence-corrected chi connectivity index (χ4v) is 4.05. The summed E-state index contributed by atoms with van der Waals surface area (Å²) in [6.45, 7) is 4.84. The lowest BCUT2D eigenvalue weighted by Gasteiger charge is -2.36. The second kappa shape index (κ2) is 9.63. The van der Waals surface area contributed by atoms with Gasteiger partial charge in [0, 0.05) is 48.1 Å². The monoisotopic (exact) mass is 467 g/mol. The Morgan fingerprint density at radius 2 is 1.50 bits per heavy atom. The van der Waals surface area contributed by atoms with Gasteiger partial charge < -0.3 is 15.1 Å². The molecule has 1 saturated heterocycles. The molecule has 2 amide bonds. The summed E-state index contributed by atoms with van der Waals surface area (Å²) in [6.07, 6.45) is 0. The van der Waals surface area contributed by atoms with Crippen LogP contribution in [0.5, 0.6) is 0 Å². The van der Waals surface area contributed by atoms with Gasteiger partial charge in [-0.1, -0.05) is 40.9 Å². The zero-order valence-corrected chi connectivity index (χ0v) is 19.2. The number of nitrogens with one attached hydrogen (secondary N) is 1. The molecule has 0 aliphatic carbocycles. The van der Waals surface area contributed by atoms with E-state index in [1.807, 2.05) is 60.4 Å². The normalized spacial score (nSPS) is 13.7. The van der Waals surface area contributed by atoms with Crippen molar-refractivity contribution in [2.45, 2.75) is 6.92 Å². The third kappa shape index (κ3) is 5.06. The molecule has 3 aromatic rings. The molecule has 164 valence electrons. The number of amides is 2. The molecule has 5 nitrogen and oxygen atoms in total. The Hall–Kier alpha value is -3.02. The highest BCUT2D eigenvalue weighted by atomic mass is 35.5. The van der Waals surface area contributed by atoms with Gasteiger partial charge in [-0.05, 0) is 61.5 Å². The molecule has 1 fully saturated rings. The van der Waals surface area contributed by atoms with Crippen molar-refractivity contribution in [3.63, 3.8) is 0 Å². The number of anilines is 2. The van der Waals surface area contributed by atoms with Gasteiger partial charge in [0.15, 0.2) is 0 Å². The summed E-state index contributed by atoms with van der Waals surface area (Å²) < 4.78 is 0. The molecule has 0 unspecified atom stereocenters. The number of hydrogen-bond donors (Lipinski definition) is 1. The van der Waals surface area contributed by atoms with E-state index in [1.165, 1.54) is 0 Å². The topological polar surface area (TPSA) is 52.7 Å². The van der Waals surface area contributed by atoms with Crippen molar-refractivity contribution in [3.05, 3.63) is 93.5 Å². The van der Waals surface area contributed by atoms with Gasteiger partial charge >= 0.3 is 0 Å².